The Labute approximate surface area is 242 Å². The molecule has 0 aliphatic carbocycles. The minimum atomic E-state index is -3.96. The minimum Gasteiger partial charge on any atom is -0.480 e. The third kappa shape index (κ3) is 7.64. The molecule has 2 heterocycles. The number of sulfonamides is 1. The summed E-state index contributed by atoms with van der Waals surface area (Å²) in [4.78, 5) is 39.0. The van der Waals surface area contributed by atoms with E-state index in [1.54, 1.807) is 29.2 Å². The topological polar surface area (TPSA) is 145 Å². The number of halogens is 2. The fraction of sp³-hybridized carbons (Fsp3) is 0.423. The number of carboxylic acid groups (broad SMARTS) is 1. The maximum atomic E-state index is 13.2. The van der Waals surface area contributed by atoms with Crippen LogP contribution in [0.15, 0.2) is 47.4 Å². The molecule has 2 atom stereocenters. The van der Waals surface area contributed by atoms with Gasteiger partial charge < -0.3 is 25.4 Å². The lowest BCUT2D eigenvalue weighted by atomic mass is 9.97. The second-order valence-electron chi connectivity index (χ2n) is 9.64. The third-order valence-corrected chi connectivity index (χ3v) is 9.07. The van der Waals surface area contributed by atoms with Gasteiger partial charge in [0, 0.05) is 48.3 Å². The van der Waals surface area contributed by atoms with Crippen LogP contribution >= 0.6 is 23.2 Å². The van der Waals surface area contributed by atoms with Crippen molar-refractivity contribution >= 4 is 56.8 Å². The highest BCUT2D eigenvalue weighted by Crippen LogP contribution is 2.28. The number of ether oxygens (including phenoxy) is 1. The molecule has 2 fully saturated rings. The molecule has 14 heteroatoms. The number of urea groups is 1. The lowest BCUT2D eigenvalue weighted by Gasteiger charge is -2.32. The maximum absolute atomic E-state index is 13.2. The summed E-state index contributed by atoms with van der Waals surface area (Å²) in [6, 6.07) is 9.26. The quantitative estimate of drug-likeness (QED) is 0.415. The van der Waals surface area contributed by atoms with Crippen LogP contribution in [-0.2, 0) is 30.8 Å². The molecule has 0 aromatic heterocycles. The van der Waals surface area contributed by atoms with E-state index in [2.05, 4.69) is 10.6 Å². The van der Waals surface area contributed by atoms with E-state index in [1.807, 2.05) is 0 Å². The summed E-state index contributed by atoms with van der Waals surface area (Å²) in [7, 11) is -3.96. The molecule has 2 aliphatic rings. The van der Waals surface area contributed by atoms with E-state index in [-0.39, 0.29) is 40.5 Å². The molecule has 2 aromatic rings. The molecule has 40 heavy (non-hydrogen) atoms. The molecular formula is C26H30Cl2N4O7S. The van der Waals surface area contributed by atoms with Gasteiger partial charge in [-0.3, -0.25) is 4.79 Å². The molecule has 216 valence electrons. The Balaban J connectivity index is 1.36. The molecule has 3 amide bonds. The summed E-state index contributed by atoms with van der Waals surface area (Å²) in [6.07, 6.45) is 0.855. The number of anilines is 1. The van der Waals surface area contributed by atoms with E-state index in [1.165, 1.54) is 22.5 Å². The monoisotopic (exact) mass is 612 g/mol. The first-order chi connectivity index (χ1) is 19.0. The fourth-order valence-electron chi connectivity index (χ4n) is 4.62. The van der Waals surface area contributed by atoms with Gasteiger partial charge in [0.1, 0.15) is 6.04 Å². The molecule has 2 aromatic carbocycles. The van der Waals surface area contributed by atoms with Crippen molar-refractivity contribution in [2.75, 3.05) is 44.7 Å². The summed E-state index contributed by atoms with van der Waals surface area (Å²) in [5.41, 5.74) is 1.20. The van der Waals surface area contributed by atoms with Crippen LogP contribution in [0.2, 0.25) is 10.0 Å². The van der Waals surface area contributed by atoms with Gasteiger partial charge >= 0.3 is 12.0 Å². The minimum absolute atomic E-state index is 0.00844. The van der Waals surface area contributed by atoms with E-state index < -0.39 is 33.9 Å². The van der Waals surface area contributed by atoms with E-state index in [0.717, 1.165) is 0 Å². The standard InChI is InChI=1S/C26H30Cl2N4O7S/c27-19-13-20(28)15-22(14-19)40(37,38)32-7-1-2-18(16-32)24(33)30-23(25(34)35)12-17-3-5-21(6-4-17)29-26(36)31-8-10-39-11-9-31/h3-6,13-15,18,23H,1-2,7-12,16H2,(H,29,36)(H,30,33)(H,34,35)/t18?,23-/m0/s1. The van der Waals surface area contributed by atoms with Gasteiger partial charge in [0.05, 0.1) is 24.0 Å². The van der Waals surface area contributed by atoms with E-state index in [4.69, 9.17) is 27.9 Å². The second kappa shape index (κ2) is 13.2. The Morgan fingerprint density at radius 3 is 2.30 bits per heavy atom. The fourth-order valence-corrected chi connectivity index (χ4v) is 6.87. The zero-order valence-electron chi connectivity index (χ0n) is 21.5. The number of amides is 3. The normalized spacial score (nSPS) is 19.1. The first-order valence-corrected chi connectivity index (χ1v) is 14.9. The lowest BCUT2D eigenvalue weighted by Crippen LogP contribution is -2.50. The lowest BCUT2D eigenvalue weighted by molar-refractivity contribution is -0.142. The number of benzene rings is 2. The number of nitrogens with zero attached hydrogens (tertiary/aromatic N) is 2. The second-order valence-corrected chi connectivity index (χ2v) is 12.4. The van der Waals surface area contributed by atoms with E-state index >= 15 is 0 Å². The Kier molecular flexibility index (Phi) is 9.90. The third-order valence-electron chi connectivity index (χ3n) is 6.79. The first-order valence-electron chi connectivity index (χ1n) is 12.7. The Hall–Kier alpha value is -2.90. The van der Waals surface area contributed by atoms with Crippen molar-refractivity contribution in [3.8, 4) is 0 Å². The zero-order chi connectivity index (χ0) is 28.9. The van der Waals surface area contributed by atoms with Gasteiger partial charge in [-0.2, -0.15) is 4.31 Å². The van der Waals surface area contributed by atoms with Crippen LogP contribution in [0.4, 0.5) is 10.5 Å². The van der Waals surface area contributed by atoms with Gasteiger partial charge in [-0.25, -0.2) is 18.0 Å². The molecule has 11 nitrogen and oxygen atoms in total. The number of piperidine rings is 1. The Morgan fingerprint density at radius 2 is 1.68 bits per heavy atom. The number of carbonyl (C=O) groups excluding carboxylic acids is 2. The number of hydrogen-bond donors (Lipinski definition) is 3. The first kappa shape index (κ1) is 30.1. The van der Waals surface area contributed by atoms with Crippen molar-refractivity contribution < 1.29 is 32.6 Å². The smallest absolute Gasteiger partial charge is 0.326 e. The van der Waals surface area contributed by atoms with Crippen LogP contribution < -0.4 is 10.6 Å². The van der Waals surface area contributed by atoms with E-state index in [0.29, 0.717) is 50.4 Å². The largest absolute Gasteiger partial charge is 0.480 e. The average molecular weight is 614 g/mol. The molecular weight excluding hydrogens is 583 g/mol. The molecule has 3 N–H and O–H groups in total. The van der Waals surface area contributed by atoms with Gasteiger partial charge in [0.15, 0.2) is 0 Å². The van der Waals surface area contributed by atoms with Crippen molar-refractivity contribution in [1.82, 2.24) is 14.5 Å². The highest BCUT2D eigenvalue weighted by Gasteiger charge is 2.35. The molecule has 0 saturated carbocycles. The molecule has 2 saturated heterocycles. The molecule has 1 unspecified atom stereocenters. The molecule has 0 radical (unpaired) electrons. The number of rotatable bonds is 8. The van der Waals surface area contributed by atoms with Crippen LogP contribution in [0.25, 0.3) is 0 Å². The molecule has 0 bridgehead atoms. The van der Waals surface area contributed by atoms with Gasteiger partial charge in [0.25, 0.3) is 0 Å². The summed E-state index contributed by atoms with van der Waals surface area (Å²) >= 11 is 12.0. The van der Waals surface area contributed by atoms with Gasteiger partial charge in [0.2, 0.25) is 15.9 Å². The summed E-state index contributed by atoms with van der Waals surface area (Å²) in [6.45, 7) is 2.10. The highest BCUT2D eigenvalue weighted by molar-refractivity contribution is 7.89. The van der Waals surface area contributed by atoms with Crippen molar-refractivity contribution in [3.63, 3.8) is 0 Å². The molecule has 4 rings (SSSR count). The van der Waals surface area contributed by atoms with Crippen LogP contribution in [-0.4, -0.2) is 86.1 Å². The SMILES string of the molecule is O=C(N[C@@H](Cc1ccc(NC(=O)N2CCOCC2)cc1)C(=O)O)C1CCCN(S(=O)(=O)c2cc(Cl)cc(Cl)c2)C1. The van der Waals surface area contributed by atoms with Crippen LogP contribution in [0.1, 0.15) is 18.4 Å². The Bertz CT molecular complexity index is 1330. The number of morpholine rings is 1. The van der Waals surface area contributed by atoms with Crippen molar-refractivity contribution in [2.45, 2.75) is 30.2 Å². The van der Waals surface area contributed by atoms with Crippen molar-refractivity contribution in [3.05, 3.63) is 58.1 Å². The van der Waals surface area contributed by atoms with E-state index in [9.17, 15) is 27.9 Å². The van der Waals surface area contributed by atoms with Gasteiger partial charge in [-0.1, -0.05) is 35.3 Å². The highest BCUT2D eigenvalue weighted by atomic mass is 35.5. The van der Waals surface area contributed by atoms with Crippen LogP contribution in [0.5, 0.6) is 0 Å². The van der Waals surface area contributed by atoms with Crippen LogP contribution in [0, 0.1) is 5.92 Å². The number of nitrogens with one attached hydrogen (secondary N) is 2. The molecule has 2 aliphatic heterocycles. The van der Waals surface area contributed by atoms with Crippen molar-refractivity contribution in [2.24, 2.45) is 5.92 Å². The zero-order valence-corrected chi connectivity index (χ0v) is 23.8. The number of hydrogen-bond acceptors (Lipinski definition) is 6. The summed E-state index contributed by atoms with van der Waals surface area (Å²) < 4.78 is 32.8. The summed E-state index contributed by atoms with van der Waals surface area (Å²) in [5, 5.41) is 15.5. The Morgan fingerprint density at radius 1 is 1.02 bits per heavy atom. The number of aliphatic carboxylic acids is 1. The van der Waals surface area contributed by atoms with Gasteiger partial charge in [-0.05, 0) is 48.7 Å². The van der Waals surface area contributed by atoms with Gasteiger partial charge in [-0.15, -0.1) is 0 Å². The number of carboxylic acids is 1. The summed E-state index contributed by atoms with van der Waals surface area (Å²) in [5.74, 6) is -2.48. The van der Waals surface area contributed by atoms with Crippen molar-refractivity contribution in [1.29, 1.82) is 0 Å². The predicted molar refractivity (Wildman–Crippen MR) is 149 cm³/mol. The average Bonchev–Trinajstić information content (AvgIpc) is 2.93. The number of carbonyl (C=O) groups is 3. The maximum Gasteiger partial charge on any atom is 0.326 e. The predicted octanol–water partition coefficient (Wildman–Crippen LogP) is 3.07. The van der Waals surface area contributed by atoms with Crippen LogP contribution in [0.3, 0.4) is 0 Å². The molecule has 0 spiro atoms.